The summed E-state index contributed by atoms with van der Waals surface area (Å²) < 4.78 is 34.1. The molecule has 1 aliphatic rings. The van der Waals surface area contributed by atoms with Crippen LogP contribution in [0.4, 0.5) is 14.5 Å². The van der Waals surface area contributed by atoms with E-state index in [2.05, 4.69) is 4.98 Å². The molecule has 8 heteroatoms. The molecule has 1 saturated heterocycles. The molecule has 0 atom stereocenters. The molecule has 0 spiro atoms. The van der Waals surface area contributed by atoms with Crippen LogP contribution in [0.15, 0.2) is 60.7 Å². The summed E-state index contributed by atoms with van der Waals surface area (Å²) in [5, 5.41) is 5.56. The zero-order chi connectivity index (χ0) is 24.6. The number of alkyl halides is 2. The van der Waals surface area contributed by atoms with E-state index in [4.69, 9.17) is 9.84 Å². The summed E-state index contributed by atoms with van der Waals surface area (Å²) in [4.78, 5) is 19.3. The van der Waals surface area contributed by atoms with Crippen LogP contribution in [0.25, 0.3) is 27.8 Å². The van der Waals surface area contributed by atoms with Crippen molar-refractivity contribution in [3.8, 4) is 16.8 Å². The van der Waals surface area contributed by atoms with Gasteiger partial charge in [0.05, 0.1) is 23.4 Å². The van der Waals surface area contributed by atoms with Crippen molar-refractivity contribution in [1.82, 2.24) is 14.8 Å². The molecular formula is C27H26F2N4O2. The molecule has 4 aromatic rings. The van der Waals surface area contributed by atoms with E-state index in [1.165, 1.54) is 0 Å². The van der Waals surface area contributed by atoms with E-state index < -0.39 is 11.9 Å². The number of carbonyl (C=O) groups excluding carboxylic acids is 1. The molecule has 0 saturated carbocycles. The second kappa shape index (κ2) is 9.09. The van der Waals surface area contributed by atoms with Crippen molar-refractivity contribution in [3.05, 3.63) is 72.1 Å². The number of para-hydroxylation sites is 1. The van der Waals surface area contributed by atoms with E-state index in [1.807, 2.05) is 66.4 Å². The lowest BCUT2D eigenvalue weighted by Gasteiger charge is -2.33. The van der Waals surface area contributed by atoms with Crippen molar-refractivity contribution in [1.29, 1.82) is 0 Å². The van der Waals surface area contributed by atoms with E-state index in [-0.39, 0.29) is 25.1 Å². The van der Waals surface area contributed by atoms with Crippen molar-refractivity contribution in [2.45, 2.75) is 32.6 Å². The second-order valence-electron chi connectivity index (χ2n) is 8.70. The predicted molar refractivity (Wildman–Crippen MR) is 131 cm³/mol. The number of rotatable bonds is 5. The number of benzene rings is 2. The van der Waals surface area contributed by atoms with Crippen LogP contribution >= 0.6 is 0 Å². The number of hydrogen-bond acceptors (Lipinski definition) is 5. The Morgan fingerprint density at radius 2 is 1.71 bits per heavy atom. The fourth-order valence-electron chi connectivity index (χ4n) is 4.52. The molecule has 0 unspecified atom stereocenters. The number of anilines is 1. The van der Waals surface area contributed by atoms with E-state index >= 15 is 0 Å². The average molecular weight is 477 g/mol. The third-order valence-electron chi connectivity index (χ3n) is 6.34. The maximum absolute atomic E-state index is 13.6. The van der Waals surface area contributed by atoms with Gasteiger partial charge in [-0.25, -0.2) is 23.2 Å². The molecule has 1 fully saturated rings. The van der Waals surface area contributed by atoms with Gasteiger partial charge in [0.1, 0.15) is 0 Å². The lowest BCUT2D eigenvalue weighted by molar-refractivity contribution is -0.0220. The molecule has 5 rings (SSSR count). The van der Waals surface area contributed by atoms with Gasteiger partial charge < -0.3 is 9.64 Å². The number of aromatic nitrogens is 3. The third kappa shape index (κ3) is 4.48. The van der Waals surface area contributed by atoms with E-state index in [0.717, 1.165) is 33.6 Å². The number of ether oxygens (including phenoxy) is 1. The maximum atomic E-state index is 13.6. The Morgan fingerprint density at radius 3 is 2.37 bits per heavy atom. The summed E-state index contributed by atoms with van der Waals surface area (Å²) >= 11 is 0. The second-order valence-corrected chi connectivity index (χ2v) is 8.70. The lowest BCUT2D eigenvalue weighted by atomic mass is 10.00. The van der Waals surface area contributed by atoms with Crippen LogP contribution in [0.3, 0.4) is 0 Å². The van der Waals surface area contributed by atoms with Gasteiger partial charge in [-0.1, -0.05) is 30.3 Å². The molecule has 0 bridgehead atoms. The minimum absolute atomic E-state index is 0.138. The number of esters is 1. The number of piperidine rings is 1. The molecule has 0 radical (unpaired) electrons. The first-order chi connectivity index (χ1) is 16.9. The van der Waals surface area contributed by atoms with Crippen molar-refractivity contribution < 1.29 is 18.3 Å². The number of aryl methyl sites for hydroxylation is 1. The first-order valence-corrected chi connectivity index (χ1v) is 11.7. The highest BCUT2D eigenvalue weighted by Crippen LogP contribution is 2.35. The topological polar surface area (TPSA) is 60.2 Å². The van der Waals surface area contributed by atoms with Gasteiger partial charge in [0.2, 0.25) is 0 Å². The highest BCUT2D eigenvalue weighted by Gasteiger charge is 2.34. The quantitative estimate of drug-likeness (QED) is 0.340. The molecular weight excluding hydrogens is 450 g/mol. The molecule has 2 aromatic carbocycles. The van der Waals surface area contributed by atoms with Crippen molar-refractivity contribution in [2.24, 2.45) is 0 Å². The minimum Gasteiger partial charge on any atom is -0.461 e. The van der Waals surface area contributed by atoms with Crippen LogP contribution in [-0.4, -0.2) is 46.4 Å². The van der Waals surface area contributed by atoms with Gasteiger partial charge in [0.25, 0.3) is 5.92 Å². The zero-order valence-electron chi connectivity index (χ0n) is 19.7. The molecule has 0 aliphatic carbocycles. The van der Waals surface area contributed by atoms with Gasteiger partial charge in [0.15, 0.2) is 11.3 Å². The first-order valence-electron chi connectivity index (χ1n) is 11.7. The SMILES string of the molecule is CCOC(=O)c1cc(-c2ccc(N3CCC(F)(F)CC3)cc2)c2c(C)nn(-c3ccccc3)c2n1. The largest absolute Gasteiger partial charge is 0.461 e. The van der Waals surface area contributed by atoms with Gasteiger partial charge in [-0.3, -0.25) is 0 Å². The van der Waals surface area contributed by atoms with Crippen LogP contribution in [0.1, 0.15) is 35.9 Å². The molecule has 180 valence electrons. The zero-order valence-corrected chi connectivity index (χ0v) is 19.7. The summed E-state index contributed by atoms with van der Waals surface area (Å²) in [7, 11) is 0. The summed E-state index contributed by atoms with van der Waals surface area (Å²) in [5.41, 5.74) is 4.98. The monoisotopic (exact) mass is 476 g/mol. The van der Waals surface area contributed by atoms with Gasteiger partial charge in [0, 0.05) is 31.6 Å². The lowest BCUT2D eigenvalue weighted by Crippen LogP contribution is -2.39. The van der Waals surface area contributed by atoms with Crippen LogP contribution < -0.4 is 4.90 Å². The predicted octanol–water partition coefficient (Wildman–Crippen LogP) is 5.81. The highest BCUT2D eigenvalue weighted by molar-refractivity contribution is 6.00. The number of fused-ring (bicyclic) bond motifs is 1. The molecule has 3 heterocycles. The fourth-order valence-corrected chi connectivity index (χ4v) is 4.52. The molecule has 0 N–H and O–H groups in total. The van der Waals surface area contributed by atoms with E-state index in [9.17, 15) is 13.6 Å². The molecule has 1 aliphatic heterocycles. The summed E-state index contributed by atoms with van der Waals surface area (Å²) in [6.07, 6.45) is -0.277. The standard InChI is InChI=1S/C27H26F2N4O2/c1-3-35-26(34)23-17-22(19-9-11-20(12-10-19)32-15-13-27(28,29)14-16-32)24-18(2)31-33(25(24)30-23)21-7-5-4-6-8-21/h4-12,17H,3,13-16H2,1-2H3. The van der Waals surface area contributed by atoms with Crippen LogP contribution in [-0.2, 0) is 4.74 Å². The van der Waals surface area contributed by atoms with Gasteiger partial charge in [-0.05, 0) is 55.3 Å². The van der Waals surface area contributed by atoms with Gasteiger partial charge in [-0.2, -0.15) is 5.10 Å². The average Bonchev–Trinajstić information content (AvgIpc) is 3.21. The molecule has 6 nitrogen and oxygen atoms in total. The summed E-state index contributed by atoms with van der Waals surface area (Å²) in [5.74, 6) is -3.08. The fraction of sp³-hybridized carbons (Fsp3) is 0.296. The van der Waals surface area contributed by atoms with Gasteiger partial charge in [-0.15, -0.1) is 0 Å². The number of nitrogens with zero attached hydrogens (tertiary/aromatic N) is 4. The number of pyridine rings is 1. The highest BCUT2D eigenvalue weighted by atomic mass is 19.3. The summed E-state index contributed by atoms with van der Waals surface area (Å²) in [6, 6.07) is 19.1. The van der Waals surface area contributed by atoms with Crippen LogP contribution in [0, 0.1) is 6.92 Å². The maximum Gasteiger partial charge on any atom is 0.357 e. The van der Waals surface area contributed by atoms with E-state index in [1.54, 1.807) is 17.7 Å². The Hall–Kier alpha value is -3.81. The normalized spacial score (nSPS) is 15.4. The molecule has 0 amide bonds. The first kappa shape index (κ1) is 23.0. The van der Waals surface area contributed by atoms with Gasteiger partial charge >= 0.3 is 5.97 Å². The van der Waals surface area contributed by atoms with Crippen molar-refractivity contribution in [3.63, 3.8) is 0 Å². The minimum atomic E-state index is -2.58. The third-order valence-corrected chi connectivity index (χ3v) is 6.34. The van der Waals surface area contributed by atoms with Crippen molar-refractivity contribution >= 4 is 22.7 Å². The smallest absolute Gasteiger partial charge is 0.357 e. The Kier molecular flexibility index (Phi) is 5.96. The van der Waals surface area contributed by atoms with Crippen molar-refractivity contribution in [2.75, 3.05) is 24.6 Å². The molecule has 35 heavy (non-hydrogen) atoms. The van der Waals surface area contributed by atoms with Crippen LogP contribution in [0.5, 0.6) is 0 Å². The number of hydrogen-bond donors (Lipinski definition) is 0. The van der Waals surface area contributed by atoms with E-state index in [0.29, 0.717) is 18.7 Å². The summed E-state index contributed by atoms with van der Waals surface area (Å²) in [6.45, 7) is 4.56. The Bertz CT molecular complexity index is 1360. The Labute approximate surface area is 202 Å². The Balaban J connectivity index is 1.60. The van der Waals surface area contributed by atoms with Crippen LogP contribution in [0.2, 0.25) is 0 Å². The number of carbonyl (C=O) groups is 1. The Morgan fingerprint density at radius 1 is 1.03 bits per heavy atom. The molecule has 2 aromatic heterocycles. The number of halogens is 2.